The zero-order valence-corrected chi connectivity index (χ0v) is 10.7. The lowest BCUT2D eigenvalue weighted by Gasteiger charge is -2.33. The molecule has 0 aromatic rings. The highest BCUT2D eigenvalue weighted by atomic mass is 16.5. The molecule has 0 aromatic heterocycles. The van der Waals surface area contributed by atoms with Gasteiger partial charge in [0.05, 0.1) is 31.7 Å². The number of nitrogens with zero attached hydrogens (tertiary/aromatic N) is 3. The zero-order chi connectivity index (χ0) is 13.8. The number of likely N-dealkylation sites (tertiary alicyclic amines) is 1. The van der Waals surface area contributed by atoms with E-state index in [1.165, 1.54) is 4.90 Å². The van der Waals surface area contributed by atoms with E-state index in [1.807, 2.05) is 6.07 Å². The number of ether oxygens (including phenoxy) is 1. The molecular formula is C12H18N4O3. The van der Waals surface area contributed by atoms with E-state index >= 15 is 0 Å². The molecule has 19 heavy (non-hydrogen) atoms. The molecule has 2 amide bonds. The summed E-state index contributed by atoms with van der Waals surface area (Å²) in [6.07, 6.45) is 0.547. The Morgan fingerprint density at radius 2 is 2.16 bits per heavy atom. The third-order valence-electron chi connectivity index (χ3n) is 3.55. The fourth-order valence-corrected chi connectivity index (χ4v) is 2.45. The third-order valence-corrected chi connectivity index (χ3v) is 3.55. The van der Waals surface area contributed by atoms with Gasteiger partial charge in [0, 0.05) is 19.6 Å². The monoisotopic (exact) mass is 266 g/mol. The highest BCUT2D eigenvalue weighted by molar-refractivity contribution is 5.91. The van der Waals surface area contributed by atoms with E-state index in [0.717, 1.165) is 0 Å². The lowest BCUT2D eigenvalue weighted by Crippen LogP contribution is -2.53. The van der Waals surface area contributed by atoms with Gasteiger partial charge in [0.15, 0.2) is 0 Å². The third kappa shape index (κ3) is 2.85. The smallest absolute Gasteiger partial charge is 0.246 e. The lowest BCUT2D eigenvalue weighted by molar-refractivity contribution is -0.146. The van der Waals surface area contributed by atoms with Crippen molar-refractivity contribution < 1.29 is 14.3 Å². The number of morpholine rings is 1. The normalized spacial score (nSPS) is 25.3. The number of hydrogen-bond acceptors (Lipinski definition) is 5. The summed E-state index contributed by atoms with van der Waals surface area (Å²) >= 11 is 0. The van der Waals surface area contributed by atoms with Crippen LogP contribution in [0.1, 0.15) is 12.8 Å². The molecule has 0 spiro atoms. The molecule has 2 aliphatic heterocycles. The van der Waals surface area contributed by atoms with Gasteiger partial charge in [-0.3, -0.25) is 9.59 Å². The zero-order valence-electron chi connectivity index (χ0n) is 10.7. The summed E-state index contributed by atoms with van der Waals surface area (Å²) in [6, 6.07) is 0.739. The maximum atomic E-state index is 12.4. The van der Waals surface area contributed by atoms with E-state index in [1.54, 1.807) is 4.90 Å². The molecule has 104 valence electrons. The average Bonchev–Trinajstić information content (AvgIpc) is 2.77. The highest BCUT2D eigenvalue weighted by Gasteiger charge is 2.38. The van der Waals surface area contributed by atoms with E-state index in [4.69, 9.17) is 15.7 Å². The van der Waals surface area contributed by atoms with Crippen molar-refractivity contribution in [3.63, 3.8) is 0 Å². The lowest BCUT2D eigenvalue weighted by atomic mass is 10.1. The predicted octanol–water partition coefficient (Wildman–Crippen LogP) is -1.31. The van der Waals surface area contributed by atoms with E-state index < -0.39 is 12.1 Å². The summed E-state index contributed by atoms with van der Waals surface area (Å²) in [5, 5.41) is 8.88. The first-order chi connectivity index (χ1) is 9.15. The first kappa shape index (κ1) is 13.8. The van der Waals surface area contributed by atoms with Gasteiger partial charge in [0.2, 0.25) is 11.8 Å². The van der Waals surface area contributed by atoms with Gasteiger partial charge in [-0.05, 0) is 6.42 Å². The first-order valence-electron chi connectivity index (χ1n) is 6.44. The van der Waals surface area contributed by atoms with Crippen LogP contribution in [0.4, 0.5) is 0 Å². The molecule has 2 rings (SSSR count). The quantitative estimate of drug-likeness (QED) is 0.683. The van der Waals surface area contributed by atoms with Crippen molar-refractivity contribution in [1.82, 2.24) is 9.80 Å². The molecule has 0 radical (unpaired) electrons. The van der Waals surface area contributed by atoms with Gasteiger partial charge >= 0.3 is 0 Å². The molecule has 2 N–H and O–H groups in total. The largest absolute Gasteiger partial charge is 0.378 e. The van der Waals surface area contributed by atoms with Gasteiger partial charge in [-0.15, -0.1) is 0 Å². The molecule has 2 atom stereocenters. The maximum Gasteiger partial charge on any atom is 0.246 e. The van der Waals surface area contributed by atoms with Gasteiger partial charge < -0.3 is 20.3 Å². The Balaban J connectivity index is 2.09. The van der Waals surface area contributed by atoms with Crippen molar-refractivity contribution >= 4 is 11.8 Å². The Bertz CT molecular complexity index is 400. The van der Waals surface area contributed by atoms with Crippen molar-refractivity contribution in [1.29, 1.82) is 5.26 Å². The van der Waals surface area contributed by atoms with Crippen molar-refractivity contribution in [3.8, 4) is 6.07 Å². The molecule has 2 aliphatic rings. The van der Waals surface area contributed by atoms with Crippen LogP contribution in [0.5, 0.6) is 0 Å². The van der Waals surface area contributed by atoms with Crippen LogP contribution in [-0.4, -0.2) is 66.5 Å². The molecule has 2 heterocycles. The molecule has 7 nitrogen and oxygen atoms in total. The van der Waals surface area contributed by atoms with Gasteiger partial charge in [-0.25, -0.2) is 0 Å². The highest BCUT2D eigenvalue weighted by Crippen LogP contribution is 2.17. The second-order valence-corrected chi connectivity index (χ2v) is 4.74. The number of carbonyl (C=O) groups is 2. The van der Waals surface area contributed by atoms with E-state index in [0.29, 0.717) is 39.3 Å². The fraction of sp³-hybridized carbons (Fsp3) is 0.750. The fourth-order valence-electron chi connectivity index (χ4n) is 2.45. The van der Waals surface area contributed by atoms with E-state index in [9.17, 15) is 9.59 Å². The Morgan fingerprint density at radius 3 is 2.68 bits per heavy atom. The van der Waals surface area contributed by atoms with Gasteiger partial charge in [0.25, 0.3) is 0 Å². The summed E-state index contributed by atoms with van der Waals surface area (Å²) in [5.41, 5.74) is 5.66. The second-order valence-electron chi connectivity index (χ2n) is 4.74. The Labute approximate surface area is 111 Å². The van der Waals surface area contributed by atoms with Crippen LogP contribution >= 0.6 is 0 Å². The minimum atomic E-state index is -0.704. The topological polar surface area (TPSA) is 99.7 Å². The van der Waals surface area contributed by atoms with Gasteiger partial charge in [0.1, 0.15) is 6.04 Å². The van der Waals surface area contributed by atoms with Crippen LogP contribution in [0.2, 0.25) is 0 Å². The van der Waals surface area contributed by atoms with Crippen LogP contribution < -0.4 is 5.73 Å². The molecule has 0 unspecified atom stereocenters. The standard InChI is InChI=1S/C12H18N4O3/c13-3-1-10(16-4-2-9(14)11(16)17)12(18)15-5-7-19-8-6-15/h9-10H,1-2,4-8,14H2/t9-,10-/m0/s1. The van der Waals surface area contributed by atoms with Crippen LogP contribution in [-0.2, 0) is 14.3 Å². The maximum absolute atomic E-state index is 12.4. The summed E-state index contributed by atoms with van der Waals surface area (Å²) < 4.78 is 5.19. The molecule has 0 saturated carbocycles. The number of hydrogen-bond donors (Lipinski definition) is 1. The Morgan fingerprint density at radius 1 is 1.47 bits per heavy atom. The van der Waals surface area contributed by atoms with Gasteiger partial charge in [-0.1, -0.05) is 0 Å². The molecular weight excluding hydrogens is 248 g/mol. The molecule has 0 aliphatic carbocycles. The van der Waals surface area contributed by atoms with E-state index in [2.05, 4.69) is 0 Å². The van der Waals surface area contributed by atoms with Crippen molar-refractivity contribution in [3.05, 3.63) is 0 Å². The number of nitrogens with two attached hydrogens (primary N) is 1. The summed E-state index contributed by atoms with van der Waals surface area (Å²) in [5.74, 6) is -0.408. The molecule has 7 heteroatoms. The average molecular weight is 266 g/mol. The van der Waals surface area contributed by atoms with Crippen LogP contribution in [0.25, 0.3) is 0 Å². The van der Waals surface area contributed by atoms with Crippen molar-refractivity contribution in [2.45, 2.75) is 24.9 Å². The number of amides is 2. The Kier molecular flexibility index (Phi) is 4.35. The summed E-state index contributed by atoms with van der Waals surface area (Å²) in [7, 11) is 0. The van der Waals surface area contributed by atoms with E-state index in [-0.39, 0.29) is 18.2 Å². The number of carbonyl (C=O) groups excluding carboxylic acids is 2. The minimum absolute atomic E-state index is 0.00858. The molecule has 0 bridgehead atoms. The van der Waals surface area contributed by atoms with Crippen molar-refractivity contribution in [2.75, 3.05) is 32.8 Å². The summed E-state index contributed by atoms with van der Waals surface area (Å²) in [4.78, 5) is 27.4. The SMILES string of the molecule is N#CC[C@@H](C(=O)N1CCOCC1)N1CC[C@H](N)C1=O. The van der Waals surface area contributed by atoms with Crippen LogP contribution in [0.3, 0.4) is 0 Å². The van der Waals surface area contributed by atoms with Crippen LogP contribution in [0, 0.1) is 11.3 Å². The van der Waals surface area contributed by atoms with Crippen molar-refractivity contribution in [2.24, 2.45) is 5.73 Å². The molecule has 2 fully saturated rings. The summed E-state index contributed by atoms with van der Waals surface area (Å²) in [6.45, 7) is 2.46. The number of nitriles is 1. The Hall–Kier alpha value is -1.65. The van der Waals surface area contributed by atoms with Gasteiger partial charge in [-0.2, -0.15) is 5.26 Å². The van der Waals surface area contributed by atoms with Crippen LogP contribution in [0.15, 0.2) is 0 Å². The number of rotatable bonds is 3. The first-order valence-corrected chi connectivity index (χ1v) is 6.44. The molecule has 2 saturated heterocycles. The minimum Gasteiger partial charge on any atom is -0.378 e. The predicted molar refractivity (Wildman–Crippen MR) is 65.7 cm³/mol. The molecule has 0 aromatic carbocycles. The second kappa shape index (κ2) is 5.99.